The lowest BCUT2D eigenvalue weighted by atomic mass is 9.97. The van der Waals surface area contributed by atoms with E-state index in [0.717, 1.165) is 29.5 Å². The van der Waals surface area contributed by atoms with Crippen LogP contribution >= 0.6 is 0 Å². The van der Waals surface area contributed by atoms with Gasteiger partial charge in [0.25, 0.3) is 0 Å². The highest BCUT2D eigenvalue weighted by Gasteiger charge is 2.18. The van der Waals surface area contributed by atoms with Gasteiger partial charge >= 0.3 is 0 Å². The van der Waals surface area contributed by atoms with Crippen molar-refractivity contribution in [3.8, 4) is 23.7 Å². The lowest BCUT2D eigenvalue weighted by Gasteiger charge is -2.06. The molecule has 0 spiro atoms. The van der Waals surface area contributed by atoms with E-state index < -0.39 is 0 Å². The lowest BCUT2D eigenvalue weighted by molar-refractivity contribution is 0.902. The zero-order valence-corrected chi connectivity index (χ0v) is 15.2. The van der Waals surface area contributed by atoms with Crippen LogP contribution in [0.3, 0.4) is 0 Å². The largest absolute Gasteiger partial charge is 0.0826 e. The number of hydrogen-bond acceptors (Lipinski definition) is 0. The smallest absolute Gasteiger partial charge is 0.0622 e. The highest BCUT2D eigenvalue weighted by Crippen LogP contribution is 2.35. The van der Waals surface area contributed by atoms with Gasteiger partial charge in [-0.1, -0.05) is 84.4 Å². The fourth-order valence-corrected chi connectivity index (χ4v) is 3.40. The van der Waals surface area contributed by atoms with Crippen LogP contribution < -0.4 is 0 Å². The fraction of sp³-hybridized carbons (Fsp3) is 0.111. The monoisotopic (exact) mass is 344 g/mol. The van der Waals surface area contributed by atoms with Gasteiger partial charge in [0, 0.05) is 16.7 Å². The average molecular weight is 344 g/mol. The molecule has 0 heterocycles. The van der Waals surface area contributed by atoms with E-state index in [1.54, 1.807) is 0 Å². The van der Waals surface area contributed by atoms with Crippen molar-refractivity contribution >= 4 is 0 Å². The van der Waals surface area contributed by atoms with Crippen molar-refractivity contribution in [2.75, 3.05) is 0 Å². The topological polar surface area (TPSA) is 0 Å². The maximum Gasteiger partial charge on any atom is 0.0826 e. The van der Waals surface area contributed by atoms with E-state index in [1.807, 2.05) is 60.7 Å². The third kappa shape index (κ3) is 4.20. The van der Waals surface area contributed by atoms with Crippen molar-refractivity contribution in [3.63, 3.8) is 0 Å². The summed E-state index contributed by atoms with van der Waals surface area (Å²) in [6, 6.07) is 20.2. The Labute approximate surface area is 161 Å². The Morgan fingerprint density at radius 3 is 1.89 bits per heavy atom. The van der Waals surface area contributed by atoms with Gasteiger partial charge in [-0.15, -0.1) is 0 Å². The van der Waals surface area contributed by atoms with Crippen molar-refractivity contribution < 1.29 is 0 Å². The van der Waals surface area contributed by atoms with Gasteiger partial charge in [0.2, 0.25) is 0 Å². The molecule has 0 unspecified atom stereocenters. The molecule has 2 aliphatic carbocycles. The third-order valence-electron chi connectivity index (χ3n) is 4.74. The molecule has 0 aromatic heterocycles. The number of hydrogen-bond donors (Lipinski definition) is 0. The predicted molar refractivity (Wildman–Crippen MR) is 113 cm³/mol. The van der Waals surface area contributed by atoms with Gasteiger partial charge in [-0.05, 0) is 54.7 Å². The minimum absolute atomic E-state index is 0.900. The van der Waals surface area contributed by atoms with Crippen LogP contribution in [0.5, 0.6) is 0 Å². The molecule has 27 heavy (non-hydrogen) atoms. The number of rotatable bonds is 0. The number of allylic oxidation sites excluding steroid dienone is 8. The average Bonchev–Trinajstić information content (AvgIpc) is 3.10. The van der Waals surface area contributed by atoms with Crippen LogP contribution in [0.15, 0.2) is 107 Å². The molecule has 2 aliphatic rings. The normalized spacial score (nSPS) is 14.6. The molecule has 0 amide bonds. The summed E-state index contributed by atoms with van der Waals surface area (Å²) in [5.41, 5.74) is 6.92. The van der Waals surface area contributed by atoms with Crippen LogP contribution in [0.2, 0.25) is 0 Å². The van der Waals surface area contributed by atoms with E-state index >= 15 is 0 Å². The first kappa shape index (κ1) is 17.0. The zero-order valence-electron chi connectivity index (χ0n) is 15.2. The molecule has 0 saturated carbocycles. The maximum atomic E-state index is 3.36. The van der Waals surface area contributed by atoms with Gasteiger partial charge in [-0.25, -0.2) is 0 Å². The Morgan fingerprint density at radius 2 is 1.26 bits per heavy atom. The first-order valence-corrected chi connectivity index (χ1v) is 9.36. The molecule has 0 bridgehead atoms. The van der Waals surface area contributed by atoms with Crippen molar-refractivity contribution in [1.82, 2.24) is 0 Å². The van der Waals surface area contributed by atoms with E-state index in [9.17, 15) is 0 Å². The van der Waals surface area contributed by atoms with Crippen LogP contribution in [0.25, 0.3) is 0 Å². The second kappa shape index (κ2) is 8.27. The molecule has 2 aromatic rings. The maximum absolute atomic E-state index is 3.36. The van der Waals surface area contributed by atoms with E-state index in [1.165, 1.54) is 23.1 Å². The van der Waals surface area contributed by atoms with E-state index in [0.29, 0.717) is 0 Å². The Morgan fingerprint density at radius 1 is 0.667 bits per heavy atom. The van der Waals surface area contributed by atoms with Crippen LogP contribution in [0, 0.1) is 23.7 Å². The van der Waals surface area contributed by atoms with Crippen LogP contribution in [0.4, 0.5) is 0 Å². The lowest BCUT2D eigenvalue weighted by Crippen LogP contribution is -1.91. The van der Waals surface area contributed by atoms with Crippen LogP contribution in [-0.2, 0) is 0 Å². The Balaban J connectivity index is 1.83. The summed E-state index contributed by atoms with van der Waals surface area (Å²) in [6.07, 6.45) is 12.1. The molecule has 2 aromatic carbocycles. The second-order valence-electron chi connectivity index (χ2n) is 6.60. The SMILES string of the molecule is C(#Cc1ccccc1)C(C#Cc1ccccc1)=C1C=CC=CC2=C1CCC2. The van der Waals surface area contributed by atoms with Gasteiger partial charge in [0.15, 0.2) is 0 Å². The zero-order chi connectivity index (χ0) is 18.3. The van der Waals surface area contributed by atoms with Gasteiger partial charge in [0.05, 0.1) is 5.57 Å². The molecule has 0 aliphatic heterocycles. The summed E-state index contributed by atoms with van der Waals surface area (Å²) < 4.78 is 0. The van der Waals surface area contributed by atoms with Crippen LogP contribution in [-0.4, -0.2) is 0 Å². The van der Waals surface area contributed by atoms with Gasteiger partial charge in [-0.2, -0.15) is 0 Å². The summed E-state index contributed by atoms with van der Waals surface area (Å²) in [4.78, 5) is 0. The summed E-state index contributed by atoms with van der Waals surface area (Å²) in [6.45, 7) is 0. The van der Waals surface area contributed by atoms with E-state index in [-0.39, 0.29) is 0 Å². The summed E-state index contributed by atoms with van der Waals surface area (Å²) >= 11 is 0. The molecule has 0 radical (unpaired) electrons. The predicted octanol–water partition coefficient (Wildman–Crippen LogP) is 5.99. The molecule has 128 valence electrons. The summed E-state index contributed by atoms with van der Waals surface area (Å²) in [7, 11) is 0. The Hall–Kier alpha value is -3.48. The quantitative estimate of drug-likeness (QED) is 0.515. The minimum atomic E-state index is 0.900. The van der Waals surface area contributed by atoms with Crippen molar-refractivity contribution in [2.24, 2.45) is 0 Å². The van der Waals surface area contributed by atoms with Crippen molar-refractivity contribution in [3.05, 3.63) is 118 Å². The van der Waals surface area contributed by atoms with Crippen LogP contribution in [0.1, 0.15) is 30.4 Å². The van der Waals surface area contributed by atoms with E-state index in [4.69, 9.17) is 0 Å². The summed E-state index contributed by atoms with van der Waals surface area (Å²) in [5, 5.41) is 0. The Bertz CT molecular complexity index is 1010. The second-order valence-corrected chi connectivity index (χ2v) is 6.60. The molecule has 0 saturated heterocycles. The van der Waals surface area contributed by atoms with Gasteiger partial charge in [-0.3, -0.25) is 0 Å². The molecule has 0 nitrogen and oxygen atoms in total. The molecule has 0 heteroatoms. The summed E-state index contributed by atoms with van der Waals surface area (Å²) in [5.74, 6) is 13.3. The molecule has 0 N–H and O–H groups in total. The number of benzene rings is 2. The van der Waals surface area contributed by atoms with Gasteiger partial charge in [0.1, 0.15) is 0 Å². The third-order valence-corrected chi connectivity index (χ3v) is 4.74. The molecular formula is C27H20. The Kier molecular flexibility index (Phi) is 5.19. The molecule has 0 atom stereocenters. The fourth-order valence-electron chi connectivity index (χ4n) is 3.40. The van der Waals surface area contributed by atoms with E-state index in [2.05, 4.69) is 48.0 Å². The molecule has 4 rings (SSSR count). The molecular weight excluding hydrogens is 324 g/mol. The molecule has 0 fully saturated rings. The highest BCUT2D eigenvalue weighted by molar-refractivity contribution is 5.64. The standard InChI is InChI=1S/C27H20/c1-3-10-22(11-4-1)18-20-25(21-19-23-12-5-2-6-13-23)26-16-8-7-14-24-15-9-17-27(24)26/h1-8,10-14,16H,9,15,17H2. The van der Waals surface area contributed by atoms with Crippen molar-refractivity contribution in [2.45, 2.75) is 19.3 Å². The first-order valence-electron chi connectivity index (χ1n) is 9.36. The van der Waals surface area contributed by atoms with Crippen molar-refractivity contribution in [1.29, 1.82) is 0 Å². The van der Waals surface area contributed by atoms with Gasteiger partial charge < -0.3 is 0 Å². The first-order chi connectivity index (χ1) is 13.4. The minimum Gasteiger partial charge on any atom is -0.0622 e. The highest BCUT2D eigenvalue weighted by atomic mass is 14.2.